The Morgan fingerprint density at radius 1 is 1.21 bits per heavy atom. The average molecular weight is 469 g/mol. The Labute approximate surface area is 194 Å². The van der Waals surface area contributed by atoms with Crippen LogP contribution in [0.15, 0.2) is 42.9 Å². The number of ether oxygens (including phenoxy) is 1. The monoisotopic (exact) mass is 468 g/mol. The van der Waals surface area contributed by atoms with Crippen LogP contribution in [0.25, 0.3) is 22.4 Å². The van der Waals surface area contributed by atoms with Crippen LogP contribution in [0.2, 0.25) is 0 Å². The Hall–Kier alpha value is -3.24. The van der Waals surface area contributed by atoms with Crippen LogP contribution < -0.4 is 9.64 Å². The Morgan fingerprint density at radius 3 is 2.70 bits per heavy atom. The van der Waals surface area contributed by atoms with Gasteiger partial charge in [-0.05, 0) is 36.2 Å². The van der Waals surface area contributed by atoms with Crippen molar-refractivity contribution in [1.29, 1.82) is 0 Å². The lowest BCUT2D eigenvalue weighted by atomic mass is 10.1. The van der Waals surface area contributed by atoms with E-state index >= 15 is 4.39 Å². The molecule has 1 atom stereocenters. The lowest BCUT2D eigenvalue weighted by Crippen LogP contribution is -2.26. The summed E-state index contributed by atoms with van der Waals surface area (Å²) < 4.78 is 34.2. The van der Waals surface area contributed by atoms with Gasteiger partial charge in [0.2, 0.25) is 0 Å². The molecule has 4 rings (SSSR count). The molecule has 3 heterocycles. The normalized spacial score (nSPS) is 12.2. The molecular weight excluding hydrogens is 443 g/mol. The van der Waals surface area contributed by atoms with Gasteiger partial charge in [-0.15, -0.1) is 0 Å². The summed E-state index contributed by atoms with van der Waals surface area (Å²) in [5, 5.41) is 4.18. The van der Waals surface area contributed by atoms with E-state index in [4.69, 9.17) is 9.72 Å². The number of aromatic nitrogens is 5. The van der Waals surface area contributed by atoms with E-state index in [1.807, 2.05) is 20.2 Å². The molecule has 3 aromatic heterocycles. The number of halogens is 1. The second-order valence-electron chi connectivity index (χ2n) is 7.58. The van der Waals surface area contributed by atoms with Crippen LogP contribution >= 0.6 is 0 Å². The number of nitrogens with zero attached hydrogens (tertiary/aromatic N) is 6. The first-order chi connectivity index (χ1) is 15.9. The van der Waals surface area contributed by atoms with Gasteiger partial charge in [-0.2, -0.15) is 5.10 Å². The van der Waals surface area contributed by atoms with Gasteiger partial charge >= 0.3 is 0 Å². The summed E-state index contributed by atoms with van der Waals surface area (Å²) >= 11 is -1.07. The van der Waals surface area contributed by atoms with Crippen LogP contribution in [0.5, 0.6) is 5.75 Å². The van der Waals surface area contributed by atoms with Crippen molar-refractivity contribution in [1.82, 2.24) is 24.7 Å². The summed E-state index contributed by atoms with van der Waals surface area (Å²) in [6.45, 7) is 2.30. The number of aryl methyl sites for hydroxylation is 2. The molecule has 172 valence electrons. The molecule has 0 aliphatic rings. The van der Waals surface area contributed by atoms with Gasteiger partial charge in [-0.3, -0.25) is 9.67 Å². The number of anilines is 2. The summed E-state index contributed by atoms with van der Waals surface area (Å²) in [5.74, 6) is 0.499. The maximum atomic E-state index is 15.3. The van der Waals surface area contributed by atoms with E-state index in [0.717, 1.165) is 11.1 Å². The van der Waals surface area contributed by atoms with E-state index in [0.29, 0.717) is 47.1 Å². The molecule has 33 heavy (non-hydrogen) atoms. The Balaban J connectivity index is 1.82. The van der Waals surface area contributed by atoms with Crippen LogP contribution in [0.4, 0.5) is 15.9 Å². The van der Waals surface area contributed by atoms with Crippen LogP contribution in [-0.2, 0) is 24.6 Å². The van der Waals surface area contributed by atoms with Crippen LogP contribution in [0, 0.1) is 5.82 Å². The summed E-state index contributed by atoms with van der Waals surface area (Å²) in [6, 6.07) is 7.03. The molecule has 0 N–H and O–H groups in total. The van der Waals surface area contributed by atoms with Gasteiger partial charge < -0.3 is 14.2 Å². The van der Waals surface area contributed by atoms with Crippen molar-refractivity contribution in [3.05, 3.63) is 54.2 Å². The Morgan fingerprint density at radius 2 is 2.03 bits per heavy atom. The largest absolute Gasteiger partial charge is 0.617 e. The Bertz CT molecular complexity index is 1280. The molecule has 0 aliphatic heterocycles. The van der Waals surface area contributed by atoms with E-state index < -0.39 is 17.0 Å². The van der Waals surface area contributed by atoms with Crippen LogP contribution in [0.3, 0.4) is 0 Å². The molecule has 10 heteroatoms. The van der Waals surface area contributed by atoms with Crippen molar-refractivity contribution in [3.63, 3.8) is 0 Å². The number of pyridine rings is 1. The summed E-state index contributed by atoms with van der Waals surface area (Å²) in [6.07, 6.45) is 7.56. The lowest BCUT2D eigenvalue weighted by molar-refractivity contribution is 0.386. The third-order valence-corrected chi connectivity index (χ3v) is 6.03. The molecule has 1 unspecified atom stereocenters. The lowest BCUT2D eigenvalue weighted by Gasteiger charge is -2.25. The minimum atomic E-state index is -1.07. The van der Waals surface area contributed by atoms with Crippen molar-refractivity contribution in [2.45, 2.75) is 13.3 Å². The molecule has 1 aromatic carbocycles. The third kappa shape index (κ3) is 4.91. The van der Waals surface area contributed by atoms with E-state index in [1.165, 1.54) is 7.11 Å². The topological polar surface area (TPSA) is 92.0 Å². The smallest absolute Gasteiger partial charge is 0.188 e. The van der Waals surface area contributed by atoms with E-state index in [2.05, 4.69) is 15.1 Å². The highest BCUT2D eigenvalue weighted by molar-refractivity contribution is 7.90. The maximum absolute atomic E-state index is 15.3. The fourth-order valence-corrected chi connectivity index (χ4v) is 3.94. The van der Waals surface area contributed by atoms with Gasteiger partial charge in [0.1, 0.15) is 17.1 Å². The molecule has 0 amide bonds. The number of methoxy groups -OCH3 is 1. The van der Waals surface area contributed by atoms with Gasteiger partial charge in [0, 0.05) is 18.8 Å². The van der Waals surface area contributed by atoms with Crippen LogP contribution in [-0.4, -0.2) is 54.9 Å². The quantitative estimate of drug-likeness (QED) is 0.365. The number of fused-ring (bicyclic) bond motifs is 1. The third-order valence-electron chi connectivity index (χ3n) is 5.27. The van der Waals surface area contributed by atoms with E-state index in [-0.39, 0.29) is 5.75 Å². The maximum Gasteiger partial charge on any atom is 0.188 e. The van der Waals surface area contributed by atoms with Crippen LogP contribution in [0.1, 0.15) is 12.5 Å². The van der Waals surface area contributed by atoms with Crippen molar-refractivity contribution in [3.8, 4) is 17.0 Å². The number of rotatable bonds is 8. The second-order valence-corrected chi connectivity index (χ2v) is 9.14. The predicted octanol–water partition coefficient (Wildman–Crippen LogP) is 3.65. The molecule has 0 saturated heterocycles. The zero-order valence-corrected chi connectivity index (χ0v) is 19.8. The Kier molecular flexibility index (Phi) is 6.75. The van der Waals surface area contributed by atoms with Gasteiger partial charge in [0.25, 0.3) is 0 Å². The van der Waals surface area contributed by atoms with Gasteiger partial charge in [0.15, 0.2) is 17.2 Å². The second kappa shape index (κ2) is 9.72. The van der Waals surface area contributed by atoms with E-state index in [1.54, 1.807) is 52.5 Å². The highest BCUT2D eigenvalue weighted by Gasteiger charge is 2.21. The number of hydrogen-bond donors (Lipinski definition) is 0. The predicted molar refractivity (Wildman–Crippen MR) is 128 cm³/mol. The minimum absolute atomic E-state index is 0.159. The summed E-state index contributed by atoms with van der Waals surface area (Å²) in [7, 11) is 3.27. The highest BCUT2D eigenvalue weighted by Crippen LogP contribution is 2.34. The highest BCUT2D eigenvalue weighted by atomic mass is 32.2. The van der Waals surface area contributed by atoms with E-state index in [9.17, 15) is 4.55 Å². The number of hydrogen-bond acceptors (Lipinski definition) is 7. The van der Waals surface area contributed by atoms with Crippen molar-refractivity contribution >= 4 is 33.8 Å². The SMILES string of the molecule is CCc1cc(OC)c(F)c(N(CC[S+](C)[O-])c2ccc3ncc(-c4cnn(C)c4)nc3n2)c1. The van der Waals surface area contributed by atoms with Gasteiger partial charge in [-0.1, -0.05) is 18.1 Å². The zero-order chi connectivity index (χ0) is 23.5. The molecule has 0 bridgehead atoms. The molecule has 0 spiro atoms. The molecule has 0 saturated carbocycles. The molecule has 0 fully saturated rings. The fraction of sp³-hybridized carbons (Fsp3) is 0.304. The van der Waals surface area contributed by atoms with Gasteiger partial charge in [0.05, 0.1) is 43.7 Å². The molecular formula is C23H25FN6O2S. The fourth-order valence-electron chi connectivity index (χ4n) is 3.50. The summed E-state index contributed by atoms with van der Waals surface area (Å²) in [4.78, 5) is 15.5. The first-order valence-corrected chi connectivity index (χ1v) is 12.2. The zero-order valence-electron chi connectivity index (χ0n) is 18.9. The molecule has 4 aromatic rings. The first-order valence-electron chi connectivity index (χ1n) is 10.5. The van der Waals surface area contributed by atoms with Crippen molar-refractivity contribution in [2.75, 3.05) is 30.6 Å². The van der Waals surface area contributed by atoms with Crippen molar-refractivity contribution in [2.24, 2.45) is 7.05 Å². The molecule has 0 aliphatic carbocycles. The minimum Gasteiger partial charge on any atom is -0.617 e. The number of benzene rings is 1. The molecule has 0 radical (unpaired) electrons. The summed E-state index contributed by atoms with van der Waals surface area (Å²) in [5.41, 5.74) is 3.75. The first kappa shape index (κ1) is 22.9. The van der Waals surface area contributed by atoms with Crippen molar-refractivity contribution < 1.29 is 13.7 Å². The molecule has 8 nitrogen and oxygen atoms in total. The van der Waals surface area contributed by atoms with Gasteiger partial charge in [-0.25, -0.2) is 14.4 Å². The average Bonchev–Trinajstić information content (AvgIpc) is 3.25. The standard InChI is InChI=1S/C23H25FN6O2S/c1-5-15-10-19(22(24)20(11-15)32-3)30(8-9-33(4)31)21-7-6-17-23(28-21)27-18(13-25-17)16-12-26-29(2)14-16/h6-7,10-14H,5,8-9H2,1-4H3.